The van der Waals surface area contributed by atoms with Gasteiger partial charge in [0, 0.05) is 0 Å². The van der Waals surface area contributed by atoms with Gasteiger partial charge in [-0.05, 0) is 0 Å². The van der Waals surface area contributed by atoms with Gasteiger partial charge in [0.1, 0.15) is 0 Å². The molecule has 126 valence electrons. The van der Waals surface area contributed by atoms with Crippen molar-refractivity contribution in [3.05, 3.63) is 9.67 Å². The molecular formula is C19H40OSn. The number of aliphatic hydroxyl groups is 1. The van der Waals surface area contributed by atoms with Crippen LogP contribution in [0, 0.1) is 0 Å². The molecule has 0 aromatic rings. The van der Waals surface area contributed by atoms with Crippen LogP contribution in [0.25, 0.3) is 0 Å². The standard InChI is InChI=1S/C7H13O.3C4H9.Sn/c1-2-3-4-5-6-7-8;3*1-3-4-2;/h5,8H,2-4,7H2,1H3;3*1,3-4H2,2H3;. The molecule has 2 heteroatoms. The van der Waals surface area contributed by atoms with Crippen LogP contribution in [0.4, 0.5) is 0 Å². The van der Waals surface area contributed by atoms with E-state index in [0.717, 1.165) is 0 Å². The maximum absolute atomic E-state index is 10.0. The van der Waals surface area contributed by atoms with Crippen LogP contribution in [0.2, 0.25) is 13.3 Å². The van der Waals surface area contributed by atoms with E-state index < -0.39 is 18.4 Å². The first kappa shape index (κ1) is 21.5. The third-order valence-corrected chi connectivity index (χ3v) is 21.0. The van der Waals surface area contributed by atoms with Crippen molar-refractivity contribution in [3.63, 3.8) is 0 Å². The number of unbranched alkanes of at least 4 members (excludes halogenated alkanes) is 5. The molecular weight excluding hydrogens is 363 g/mol. The summed E-state index contributed by atoms with van der Waals surface area (Å²) in [5, 5.41) is 10.0. The van der Waals surface area contributed by atoms with E-state index in [1.165, 1.54) is 71.1 Å². The van der Waals surface area contributed by atoms with Crippen LogP contribution in [-0.2, 0) is 0 Å². The molecule has 0 aromatic carbocycles. The van der Waals surface area contributed by atoms with Crippen LogP contribution >= 0.6 is 0 Å². The van der Waals surface area contributed by atoms with Crippen molar-refractivity contribution in [2.45, 2.75) is 98.8 Å². The van der Waals surface area contributed by atoms with E-state index >= 15 is 0 Å². The van der Waals surface area contributed by atoms with Crippen molar-refractivity contribution in [2.75, 3.05) is 6.61 Å². The zero-order valence-electron chi connectivity index (χ0n) is 15.2. The molecule has 0 unspecified atom stereocenters. The van der Waals surface area contributed by atoms with E-state index in [9.17, 15) is 5.11 Å². The van der Waals surface area contributed by atoms with E-state index in [2.05, 4.69) is 33.8 Å². The van der Waals surface area contributed by atoms with E-state index in [1.807, 2.05) is 0 Å². The van der Waals surface area contributed by atoms with E-state index in [4.69, 9.17) is 0 Å². The molecule has 0 aromatic heterocycles. The number of rotatable bonds is 14. The maximum atomic E-state index is 10.0. The third kappa shape index (κ3) is 8.64. The van der Waals surface area contributed by atoms with Gasteiger partial charge in [-0.3, -0.25) is 0 Å². The van der Waals surface area contributed by atoms with Crippen LogP contribution in [0.15, 0.2) is 9.67 Å². The SMILES string of the molecule is CCCC/C=[C](\CO)[Sn]([CH2]CCC)([CH2]CCC)[CH2]CCC. The van der Waals surface area contributed by atoms with Gasteiger partial charge in [-0.2, -0.15) is 0 Å². The topological polar surface area (TPSA) is 20.2 Å². The normalized spacial score (nSPS) is 12.9. The minimum absolute atomic E-state index is 0.358. The minimum atomic E-state index is -2.30. The fraction of sp³-hybridized carbons (Fsp3) is 0.895. The summed E-state index contributed by atoms with van der Waals surface area (Å²) in [7, 11) is 0. The molecule has 0 amide bonds. The first-order chi connectivity index (χ1) is 10.2. The molecule has 0 radical (unpaired) electrons. The molecule has 0 saturated heterocycles. The number of aliphatic hydroxyl groups excluding tert-OH is 1. The van der Waals surface area contributed by atoms with Gasteiger partial charge in [0.2, 0.25) is 0 Å². The van der Waals surface area contributed by atoms with Crippen molar-refractivity contribution in [2.24, 2.45) is 0 Å². The predicted octanol–water partition coefficient (Wildman–Crippen LogP) is 6.48. The molecule has 0 aliphatic heterocycles. The molecule has 21 heavy (non-hydrogen) atoms. The number of hydrogen-bond donors (Lipinski definition) is 1. The Kier molecular flexibility index (Phi) is 14.4. The van der Waals surface area contributed by atoms with Crippen molar-refractivity contribution >= 4 is 18.4 Å². The Morgan fingerprint density at radius 1 is 0.762 bits per heavy atom. The molecule has 0 rings (SSSR count). The van der Waals surface area contributed by atoms with Gasteiger partial charge in [0.15, 0.2) is 0 Å². The second-order valence-corrected chi connectivity index (χ2v) is 20.0. The fourth-order valence-electron chi connectivity index (χ4n) is 3.33. The summed E-state index contributed by atoms with van der Waals surface area (Å²) in [5.74, 6) is 0. The molecule has 1 nitrogen and oxygen atoms in total. The molecule has 0 atom stereocenters. The van der Waals surface area contributed by atoms with Gasteiger partial charge in [-0.1, -0.05) is 0 Å². The zero-order chi connectivity index (χ0) is 16.0. The first-order valence-corrected chi connectivity index (χ1v) is 17.0. The molecule has 0 fully saturated rings. The Bertz CT molecular complexity index is 239. The Hall–Kier alpha value is 0.499. The summed E-state index contributed by atoms with van der Waals surface area (Å²) >= 11 is -2.30. The summed E-state index contributed by atoms with van der Waals surface area (Å²) in [5.41, 5.74) is 0. The molecule has 0 bridgehead atoms. The Balaban J connectivity index is 5.16. The average Bonchev–Trinajstić information content (AvgIpc) is 2.52. The summed E-state index contributed by atoms with van der Waals surface area (Å²) in [6.07, 6.45) is 14.3. The van der Waals surface area contributed by atoms with Crippen LogP contribution in [-0.4, -0.2) is 30.1 Å². The average molecular weight is 403 g/mol. The quantitative estimate of drug-likeness (QED) is 0.260. The van der Waals surface area contributed by atoms with Crippen LogP contribution in [0.1, 0.15) is 85.5 Å². The zero-order valence-corrected chi connectivity index (χ0v) is 18.1. The van der Waals surface area contributed by atoms with Gasteiger partial charge < -0.3 is 0 Å². The molecule has 0 aliphatic carbocycles. The fourth-order valence-corrected chi connectivity index (χ4v) is 19.6. The van der Waals surface area contributed by atoms with E-state index in [-0.39, 0.29) is 0 Å². The van der Waals surface area contributed by atoms with Crippen molar-refractivity contribution in [3.8, 4) is 0 Å². The summed E-state index contributed by atoms with van der Waals surface area (Å²) in [4.78, 5) is 0. The molecule has 0 heterocycles. The second-order valence-electron chi connectivity index (χ2n) is 6.62. The van der Waals surface area contributed by atoms with E-state index in [0.29, 0.717) is 6.61 Å². The summed E-state index contributed by atoms with van der Waals surface area (Å²) < 4.78 is 5.99. The Morgan fingerprint density at radius 3 is 1.52 bits per heavy atom. The summed E-state index contributed by atoms with van der Waals surface area (Å²) in [6, 6.07) is 0. The van der Waals surface area contributed by atoms with Crippen LogP contribution in [0.3, 0.4) is 0 Å². The van der Waals surface area contributed by atoms with Crippen LogP contribution in [0.5, 0.6) is 0 Å². The third-order valence-electron chi connectivity index (χ3n) is 4.83. The molecule has 1 N–H and O–H groups in total. The first-order valence-electron chi connectivity index (χ1n) is 9.51. The number of hydrogen-bond acceptors (Lipinski definition) is 1. The van der Waals surface area contributed by atoms with Gasteiger partial charge >= 0.3 is 139 Å². The second kappa shape index (κ2) is 14.1. The van der Waals surface area contributed by atoms with Gasteiger partial charge in [-0.15, -0.1) is 0 Å². The van der Waals surface area contributed by atoms with Crippen molar-refractivity contribution in [1.29, 1.82) is 0 Å². The monoisotopic (exact) mass is 404 g/mol. The Morgan fingerprint density at radius 2 is 1.19 bits per heavy atom. The predicted molar refractivity (Wildman–Crippen MR) is 99.6 cm³/mol. The number of allylic oxidation sites excluding steroid dienone is 1. The molecule has 0 aliphatic rings. The van der Waals surface area contributed by atoms with E-state index in [1.54, 1.807) is 3.59 Å². The Labute approximate surface area is 138 Å². The van der Waals surface area contributed by atoms with Crippen molar-refractivity contribution in [1.82, 2.24) is 0 Å². The van der Waals surface area contributed by atoms with Crippen LogP contribution < -0.4 is 0 Å². The van der Waals surface area contributed by atoms with Gasteiger partial charge in [0.05, 0.1) is 0 Å². The molecule has 0 saturated carbocycles. The molecule has 0 spiro atoms. The van der Waals surface area contributed by atoms with Gasteiger partial charge in [-0.25, -0.2) is 0 Å². The van der Waals surface area contributed by atoms with Gasteiger partial charge in [0.25, 0.3) is 0 Å². The van der Waals surface area contributed by atoms with Crippen molar-refractivity contribution < 1.29 is 5.11 Å². The summed E-state index contributed by atoms with van der Waals surface area (Å²) in [6.45, 7) is 9.56.